The van der Waals surface area contributed by atoms with Crippen LogP contribution in [0.2, 0.25) is 0 Å². The summed E-state index contributed by atoms with van der Waals surface area (Å²) in [5, 5.41) is 6.88. The largest absolute Gasteiger partial charge is 0.328 e. The number of hydrogen-bond acceptors (Lipinski definition) is 4. The van der Waals surface area contributed by atoms with Gasteiger partial charge in [-0.15, -0.1) is 0 Å². The van der Waals surface area contributed by atoms with E-state index in [0.29, 0.717) is 12.1 Å². The molecule has 6 N–H and O–H groups in total. The Bertz CT molecular complexity index is 154. The Morgan fingerprint density at radius 1 is 0.632 bits per heavy atom. The minimum absolute atomic E-state index is 0.322. The second-order valence-corrected chi connectivity index (χ2v) is 5.80. The molecule has 0 fully saturated rings. The van der Waals surface area contributed by atoms with E-state index in [1.165, 1.54) is 32.1 Å². The summed E-state index contributed by atoms with van der Waals surface area (Å²) in [6.07, 6.45) is 8.76. The van der Waals surface area contributed by atoms with Crippen LogP contribution in [-0.4, -0.2) is 38.3 Å². The smallest absolute Gasteiger partial charge is 0.00225 e. The molecular weight excluding hydrogens is 236 g/mol. The van der Waals surface area contributed by atoms with E-state index >= 15 is 0 Å². The molecule has 0 aliphatic heterocycles. The summed E-state index contributed by atoms with van der Waals surface area (Å²) >= 11 is 0. The van der Waals surface area contributed by atoms with Gasteiger partial charge in [-0.05, 0) is 65.7 Å². The van der Waals surface area contributed by atoms with Gasteiger partial charge in [-0.3, -0.25) is 0 Å². The molecule has 0 saturated carbocycles. The number of hydrogen-bond donors (Lipinski definition) is 4. The summed E-state index contributed by atoms with van der Waals surface area (Å²) in [5.41, 5.74) is 11.4. The van der Waals surface area contributed by atoms with Crippen LogP contribution in [0.25, 0.3) is 0 Å². The lowest BCUT2D eigenvalue weighted by molar-refractivity contribution is 0.531. The second-order valence-electron chi connectivity index (χ2n) is 5.80. The van der Waals surface area contributed by atoms with Crippen LogP contribution in [0.5, 0.6) is 0 Å². The summed E-state index contributed by atoms with van der Waals surface area (Å²) in [4.78, 5) is 0. The minimum Gasteiger partial charge on any atom is -0.328 e. The van der Waals surface area contributed by atoms with Crippen molar-refractivity contribution in [2.75, 3.05) is 26.2 Å². The highest BCUT2D eigenvalue weighted by Gasteiger charge is 1.95. The van der Waals surface area contributed by atoms with Crippen molar-refractivity contribution < 1.29 is 0 Å². The van der Waals surface area contributed by atoms with E-state index in [-0.39, 0.29) is 0 Å². The van der Waals surface area contributed by atoms with Crippen LogP contribution in [0.1, 0.15) is 58.8 Å². The van der Waals surface area contributed by atoms with Gasteiger partial charge < -0.3 is 22.1 Å². The van der Waals surface area contributed by atoms with E-state index in [1.807, 2.05) is 0 Å². The molecule has 0 spiro atoms. The van der Waals surface area contributed by atoms with Gasteiger partial charge in [0.15, 0.2) is 0 Å². The second kappa shape index (κ2) is 14.3. The third kappa shape index (κ3) is 17.8. The van der Waals surface area contributed by atoms with Crippen molar-refractivity contribution in [3.05, 3.63) is 0 Å². The molecule has 0 rings (SSSR count). The Balaban J connectivity index is 2.95. The molecule has 116 valence electrons. The maximum absolute atomic E-state index is 5.69. The summed E-state index contributed by atoms with van der Waals surface area (Å²) in [6.45, 7) is 8.51. The predicted octanol–water partition coefficient (Wildman–Crippen LogP) is 1.59. The molecule has 0 unspecified atom stereocenters. The lowest BCUT2D eigenvalue weighted by atomic mass is 10.1. The molecule has 0 heterocycles. The standard InChI is InChI=1S/C15H36N4/c1-14(16)8-12-18-10-6-4-3-5-7-11-19-13-9-15(2)17/h14-15,18-19H,3-13,16-17H2,1-2H3/t14-,15-/m1/s1. The molecule has 4 heteroatoms. The zero-order chi connectivity index (χ0) is 14.3. The highest BCUT2D eigenvalue weighted by Crippen LogP contribution is 2.01. The van der Waals surface area contributed by atoms with Crippen LogP contribution in [0.4, 0.5) is 0 Å². The first-order chi connectivity index (χ1) is 9.13. The third-order valence-corrected chi connectivity index (χ3v) is 3.26. The molecule has 19 heavy (non-hydrogen) atoms. The SMILES string of the molecule is C[C@@H](N)CCNCCCCCCCNCC[C@@H](C)N. The van der Waals surface area contributed by atoms with Crippen molar-refractivity contribution in [3.8, 4) is 0 Å². The zero-order valence-electron chi connectivity index (χ0n) is 13.1. The number of rotatable bonds is 14. The maximum atomic E-state index is 5.69. The van der Waals surface area contributed by atoms with Crippen molar-refractivity contribution in [2.24, 2.45) is 11.5 Å². The van der Waals surface area contributed by atoms with Gasteiger partial charge in [-0.2, -0.15) is 0 Å². The highest BCUT2D eigenvalue weighted by atomic mass is 14.9. The first kappa shape index (κ1) is 18.8. The molecule has 2 atom stereocenters. The minimum atomic E-state index is 0.322. The monoisotopic (exact) mass is 272 g/mol. The molecule has 0 aliphatic carbocycles. The number of nitrogens with two attached hydrogens (primary N) is 2. The van der Waals surface area contributed by atoms with E-state index in [0.717, 1.165) is 39.0 Å². The van der Waals surface area contributed by atoms with Crippen LogP contribution >= 0.6 is 0 Å². The summed E-state index contributed by atoms with van der Waals surface area (Å²) in [6, 6.07) is 0.643. The van der Waals surface area contributed by atoms with Gasteiger partial charge in [0.1, 0.15) is 0 Å². The summed E-state index contributed by atoms with van der Waals surface area (Å²) < 4.78 is 0. The van der Waals surface area contributed by atoms with E-state index in [9.17, 15) is 0 Å². The van der Waals surface area contributed by atoms with E-state index in [2.05, 4.69) is 24.5 Å². The van der Waals surface area contributed by atoms with Crippen molar-refractivity contribution >= 4 is 0 Å². The average Bonchev–Trinajstić information content (AvgIpc) is 2.34. The summed E-state index contributed by atoms with van der Waals surface area (Å²) in [7, 11) is 0. The van der Waals surface area contributed by atoms with Crippen LogP contribution in [0, 0.1) is 0 Å². The fraction of sp³-hybridized carbons (Fsp3) is 1.00. The maximum Gasteiger partial charge on any atom is 0.00225 e. The van der Waals surface area contributed by atoms with Crippen molar-refractivity contribution in [2.45, 2.75) is 70.9 Å². The molecule has 4 nitrogen and oxygen atoms in total. The van der Waals surface area contributed by atoms with Crippen molar-refractivity contribution in [1.82, 2.24) is 10.6 Å². The zero-order valence-corrected chi connectivity index (χ0v) is 13.1. The molecule has 0 saturated heterocycles. The average molecular weight is 272 g/mol. The molecule has 0 aliphatic rings. The Labute approximate surface area is 120 Å². The molecule has 0 amide bonds. The molecule has 0 bridgehead atoms. The molecule has 0 aromatic heterocycles. The quantitative estimate of drug-likeness (QED) is 0.362. The predicted molar refractivity (Wildman–Crippen MR) is 85.4 cm³/mol. The topological polar surface area (TPSA) is 76.1 Å². The van der Waals surface area contributed by atoms with E-state index < -0.39 is 0 Å². The molecular formula is C15H36N4. The van der Waals surface area contributed by atoms with E-state index in [4.69, 9.17) is 11.5 Å². The fourth-order valence-corrected chi connectivity index (χ4v) is 1.94. The van der Waals surface area contributed by atoms with Gasteiger partial charge >= 0.3 is 0 Å². The van der Waals surface area contributed by atoms with Crippen LogP contribution in [0.15, 0.2) is 0 Å². The van der Waals surface area contributed by atoms with Crippen molar-refractivity contribution in [1.29, 1.82) is 0 Å². The Hall–Kier alpha value is -0.160. The van der Waals surface area contributed by atoms with Gasteiger partial charge in [0.2, 0.25) is 0 Å². The lowest BCUT2D eigenvalue weighted by Crippen LogP contribution is -2.24. The van der Waals surface area contributed by atoms with Crippen molar-refractivity contribution in [3.63, 3.8) is 0 Å². The van der Waals surface area contributed by atoms with Crippen LogP contribution in [-0.2, 0) is 0 Å². The third-order valence-electron chi connectivity index (χ3n) is 3.26. The summed E-state index contributed by atoms with van der Waals surface area (Å²) in [5.74, 6) is 0. The molecule has 0 aromatic rings. The lowest BCUT2D eigenvalue weighted by Gasteiger charge is -2.08. The van der Waals surface area contributed by atoms with Gasteiger partial charge in [-0.1, -0.05) is 19.3 Å². The molecule has 0 aromatic carbocycles. The number of unbranched alkanes of at least 4 members (excludes halogenated alkanes) is 4. The normalized spacial score (nSPS) is 14.5. The van der Waals surface area contributed by atoms with Gasteiger partial charge in [0, 0.05) is 12.1 Å². The fourth-order valence-electron chi connectivity index (χ4n) is 1.94. The Kier molecular flexibility index (Phi) is 14.1. The van der Waals surface area contributed by atoms with Gasteiger partial charge in [0.05, 0.1) is 0 Å². The Morgan fingerprint density at radius 3 is 1.37 bits per heavy atom. The first-order valence-corrected chi connectivity index (χ1v) is 8.05. The number of nitrogens with one attached hydrogen (secondary N) is 2. The first-order valence-electron chi connectivity index (χ1n) is 8.05. The molecule has 0 radical (unpaired) electrons. The van der Waals surface area contributed by atoms with E-state index in [1.54, 1.807) is 0 Å². The van der Waals surface area contributed by atoms with Crippen LogP contribution in [0.3, 0.4) is 0 Å². The van der Waals surface area contributed by atoms with Gasteiger partial charge in [-0.25, -0.2) is 0 Å². The van der Waals surface area contributed by atoms with Gasteiger partial charge in [0.25, 0.3) is 0 Å². The highest BCUT2D eigenvalue weighted by molar-refractivity contribution is 4.58. The Morgan fingerprint density at radius 2 is 1.00 bits per heavy atom. The van der Waals surface area contributed by atoms with Crippen LogP contribution < -0.4 is 22.1 Å².